The second kappa shape index (κ2) is 9.89. The number of aliphatic hydroxyl groups is 2. The molecule has 158 valence electrons. The highest BCUT2D eigenvalue weighted by molar-refractivity contribution is 7.43. The lowest BCUT2D eigenvalue weighted by molar-refractivity contribution is -0.342. The molecule has 0 heterocycles. The van der Waals surface area contributed by atoms with Crippen LogP contribution < -0.4 is 19.3 Å². The van der Waals surface area contributed by atoms with Gasteiger partial charge >= 0.3 is 0 Å². The van der Waals surface area contributed by atoms with Crippen molar-refractivity contribution >= 4 is 20.0 Å². The summed E-state index contributed by atoms with van der Waals surface area (Å²) in [6.07, 6.45) is 3.19. The molecule has 0 spiro atoms. The molecule has 2 aromatic carbocycles. The number of phosphoric ester groups is 1. The molecule has 0 fully saturated rings. The van der Waals surface area contributed by atoms with Crippen molar-refractivity contribution in [3.63, 3.8) is 0 Å². The molecule has 0 radical (unpaired) electrons. The number of rotatable bonds is 9. The van der Waals surface area contributed by atoms with Gasteiger partial charge in [-0.2, -0.15) is 0 Å². The minimum absolute atomic E-state index is 0.0499. The number of hydrogen-bond acceptors (Lipinski definition) is 9. The average Bonchev–Trinajstić information content (AvgIpc) is 2.69. The Morgan fingerprint density at radius 3 is 2.24 bits per heavy atom. The molecule has 29 heavy (non-hydrogen) atoms. The summed E-state index contributed by atoms with van der Waals surface area (Å²) in [5.41, 5.74) is 1.99. The van der Waals surface area contributed by atoms with Gasteiger partial charge in [0, 0.05) is 11.1 Å². The van der Waals surface area contributed by atoms with E-state index in [1.165, 1.54) is 20.3 Å². The first-order valence-electron chi connectivity index (χ1n) is 8.39. The van der Waals surface area contributed by atoms with Gasteiger partial charge in [0.1, 0.15) is 5.75 Å². The van der Waals surface area contributed by atoms with Gasteiger partial charge in [0.05, 0.1) is 41.9 Å². The predicted octanol–water partition coefficient (Wildman–Crippen LogP) is 0.910. The van der Waals surface area contributed by atoms with Crippen LogP contribution in [0.1, 0.15) is 27.8 Å². The predicted molar refractivity (Wildman–Crippen MR) is 101 cm³/mol. The Hall–Kier alpha value is -2.39. The third kappa shape index (κ3) is 5.80. The first-order valence-corrected chi connectivity index (χ1v) is 9.85. The lowest BCUT2D eigenvalue weighted by atomic mass is 10.0. The zero-order chi connectivity index (χ0) is 21.6. The molecule has 0 saturated heterocycles. The molecule has 9 nitrogen and oxygen atoms in total. The van der Waals surface area contributed by atoms with Crippen LogP contribution in [-0.2, 0) is 28.9 Å². The van der Waals surface area contributed by atoms with Crippen LogP contribution >= 0.6 is 7.82 Å². The number of hydrogen-bond donors (Lipinski definition) is 3. The zero-order valence-electron chi connectivity index (χ0n) is 15.8. The summed E-state index contributed by atoms with van der Waals surface area (Å²) in [7, 11) is -2.49. The average molecular weight is 424 g/mol. The van der Waals surface area contributed by atoms with Crippen molar-refractivity contribution in [3.05, 3.63) is 52.1 Å². The molecule has 0 amide bonds. The van der Waals surface area contributed by atoms with E-state index in [0.29, 0.717) is 28.0 Å². The minimum Gasteiger partial charge on any atom is -0.790 e. The van der Waals surface area contributed by atoms with Crippen LogP contribution in [0.25, 0.3) is 12.2 Å². The van der Waals surface area contributed by atoms with Gasteiger partial charge in [-0.05, 0) is 34.9 Å². The maximum absolute atomic E-state index is 10.8. The van der Waals surface area contributed by atoms with Crippen LogP contribution in [0.3, 0.4) is 0 Å². The number of aliphatic hydroxyl groups excluding tert-OH is 2. The number of phenolic OH excluding ortho intramolecular Hbond substituents is 1. The molecule has 2 rings (SSSR count). The standard InChI is InChI=1S/C19H23O9P/c1-26-17-6-5-13(16(19(17)22)11-28-29(23,24)25)4-3-12-7-14(9-20)15(10-21)18(8-12)27-2/h3-8,20-22H,9-11H2,1-2H3,(H2,23,24,25)/p-2/b4-3-. The third-order valence-electron chi connectivity index (χ3n) is 4.20. The van der Waals surface area contributed by atoms with Gasteiger partial charge in [0.2, 0.25) is 0 Å². The van der Waals surface area contributed by atoms with Crippen molar-refractivity contribution in [3.8, 4) is 17.2 Å². The number of methoxy groups -OCH3 is 2. The second-order valence-electron chi connectivity index (χ2n) is 5.92. The van der Waals surface area contributed by atoms with E-state index in [1.807, 2.05) is 0 Å². The molecule has 3 N–H and O–H groups in total. The van der Waals surface area contributed by atoms with Gasteiger partial charge in [0.25, 0.3) is 0 Å². The van der Waals surface area contributed by atoms with Gasteiger partial charge in [-0.3, -0.25) is 0 Å². The van der Waals surface area contributed by atoms with Crippen molar-refractivity contribution in [2.24, 2.45) is 0 Å². The lowest BCUT2D eigenvalue weighted by Gasteiger charge is -2.29. The Kier molecular flexibility index (Phi) is 7.80. The monoisotopic (exact) mass is 424 g/mol. The number of phosphoric acid groups is 1. The summed E-state index contributed by atoms with van der Waals surface area (Å²) >= 11 is 0. The van der Waals surface area contributed by atoms with E-state index in [2.05, 4.69) is 4.52 Å². The summed E-state index contributed by atoms with van der Waals surface area (Å²) in [5, 5.41) is 29.3. The molecule has 0 aliphatic heterocycles. The highest BCUT2D eigenvalue weighted by Gasteiger charge is 2.14. The molecule has 0 aliphatic rings. The topological polar surface area (TPSA) is 152 Å². The van der Waals surface area contributed by atoms with Gasteiger partial charge in [-0.1, -0.05) is 18.2 Å². The molecular weight excluding hydrogens is 403 g/mol. The highest BCUT2D eigenvalue weighted by atomic mass is 31.2. The van der Waals surface area contributed by atoms with E-state index in [-0.39, 0.29) is 30.3 Å². The van der Waals surface area contributed by atoms with Crippen LogP contribution in [-0.4, -0.2) is 29.5 Å². The van der Waals surface area contributed by atoms with Crippen LogP contribution in [0.2, 0.25) is 0 Å². The zero-order valence-corrected chi connectivity index (χ0v) is 16.7. The van der Waals surface area contributed by atoms with Crippen LogP contribution in [0.15, 0.2) is 24.3 Å². The van der Waals surface area contributed by atoms with Crippen molar-refractivity contribution < 1.29 is 43.7 Å². The molecule has 0 saturated carbocycles. The van der Waals surface area contributed by atoms with Crippen molar-refractivity contribution in [1.82, 2.24) is 0 Å². The lowest BCUT2D eigenvalue weighted by Crippen LogP contribution is -2.16. The summed E-state index contributed by atoms with van der Waals surface area (Å²) < 4.78 is 25.4. The van der Waals surface area contributed by atoms with E-state index in [4.69, 9.17) is 9.47 Å². The van der Waals surface area contributed by atoms with E-state index >= 15 is 0 Å². The summed E-state index contributed by atoms with van der Waals surface area (Å²) in [4.78, 5) is 21.6. The van der Waals surface area contributed by atoms with Gasteiger partial charge in [-0.25, -0.2) is 0 Å². The van der Waals surface area contributed by atoms with E-state index in [1.54, 1.807) is 30.4 Å². The maximum atomic E-state index is 10.8. The fourth-order valence-corrected chi connectivity index (χ4v) is 3.05. The normalized spacial score (nSPS) is 11.8. The second-order valence-corrected chi connectivity index (χ2v) is 7.07. The van der Waals surface area contributed by atoms with Gasteiger partial charge in [-0.15, -0.1) is 0 Å². The van der Waals surface area contributed by atoms with E-state index in [0.717, 1.165) is 0 Å². The Labute approximate surface area is 167 Å². The minimum atomic E-state index is -5.25. The number of phenols is 1. The van der Waals surface area contributed by atoms with Crippen LogP contribution in [0.5, 0.6) is 17.2 Å². The van der Waals surface area contributed by atoms with Crippen molar-refractivity contribution in [2.45, 2.75) is 19.8 Å². The molecule has 0 aromatic heterocycles. The molecule has 0 atom stereocenters. The first kappa shape index (κ1) is 22.9. The molecule has 0 aliphatic carbocycles. The smallest absolute Gasteiger partial charge is 0.163 e. The maximum Gasteiger partial charge on any atom is 0.163 e. The van der Waals surface area contributed by atoms with Gasteiger partial charge < -0.3 is 43.7 Å². The Morgan fingerprint density at radius 2 is 1.69 bits per heavy atom. The molecule has 0 unspecified atom stereocenters. The Balaban J connectivity index is 2.46. The van der Waals surface area contributed by atoms with Gasteiger partial charge in [0.15, 0.2) is 11.5 Å². The van der Waals surface area contributed by atoms with E-state index in [9.17, 15) is 29.7 Å². The summed E-state index contributed by atoms with van der Waals surface area (Å²) in [6, 6.07) is 6.32. The van der Waals surface area contributed by atoms with Crippen molar-refractivity contribution in [2.75, 3.05) is 14.2 Å². The fourth-order valence-electron chi connectivity index (χ4n) is 2.76. The van der Waals surface area contributed by atoms with E-state index < -0.39 is 14.4 Å². The first-order chi connectivity index (χ1) is 13.7. The van der Waals surface area contributed by atoms with Crippen LogP contribution in [0.4, 0.5) is 0 Å². The third-order valence-corrected chi connectivity index (χ3v) is 4.64. The SMILES string of the molecule is COc1ccc(/C=C\c2cc(CO)c(CO)c(OC)c2)c(COP(=O)([O-])[O-])c1O. The molecule has 2 aromatic rings. The Morgan fingerprint density at radius 1 is 1.00 bits per heavy atom. The summed E-state index contributed by atoms with van der Waals surface area (Å²) in [6.45, 7) is -1.28. The van der Waals surface area contributed by atoms with Crippen LogP contribution in [0, 0.1) is 0 Å². The van der Waals surface area contributed by atoms with Crippen molar-refractivity contribution in [1.29, 1.82) is 0 Å². The fraction of sp³-hybridized carbons (Fsp3) is 0.263. The largest absolute Gasteiger partial charge is 0.790 e. The highest BCUT2D eigenvalue weighted by Crippen LogP contribution is 2.37. The molecular formula is C19H21O9P-2. The summed E-state index contributed by atoms with van der Waals surface area (Å²) in [5.74, 6) is 0.120. The molecule has 10 heteroatoms. The number of aromatic hydroxyl groups is 1. The number of ether oxygens (including phenoxy) is 2. The quantitative estimate of drug-likeness (QED) is 0.394. The number of benzene rings is 2. The molecule has 0 bridgehead atoms. The Bertz CT molecular complexity index is 909.